The van der Waals surface area contributed by atoms with E-state index < -0.39 is 124 Å². The number of unbranched alkanes of at least 4 members (excludes halogenated alkanes) is 33. The molecule has 1 amide bonds. The zero-order valence-electron chi connectivity index (χ0n) is 62.6. The predicted octanol–water partition coefficient (Wildman–Crippen LogP) is 13.4. The Balaban J connectivity index is 1.33. The maximum absolute atomic E-state index is 13.5. The second-order valence-corrected chi connectivity index (χ2v) is 28.5. The molecule has 0 bridgehead atoms. The van der Waals surface area contributed by atoms with Crippen LogP contribution in [0.3, 0.4) is 0 Å². The van der Waals surface area contributed by atoms with Gasteiger partial charge in [-0.05, 0) is 70.6 Å². The monoisotopic (exact) mass is 1430 g/mol. The standard InChI is InChI=1S/C82H145NO18/c1-3-5-7-9-11-13-15-17-19-21-23-24-25-26-27-28-29-30-31-32-33-34-35-36-37-38-39-40-42-44-46-48-50-52-54-56-58-60-70(88)83-65(66(87)59-57-55-53-51-49-47-45-43-41-22-20-18-16-14-12-10-8-6-4-2)64-96-80-76(94)73(91)78(68(62-85)98-80)101-82-77(95)74(92)79(69(63-86)99-82)100-81-75(93)72(90)71(89)67(61-84)97-81/h5,7,11,13,17,19,23-24,26-27,29-30,32-33,65-69,71-82,84-87,89-95H,3-4,6,8-10,12,14-16,18,20-22,25,28,31,34-64H2,1-2H3,(H,83,88)/b7-5-,13-11-,19-17-,24-23-,27-26-,30-29-,33-32-. The minimum absolute atomic E-state index is 0.242. The molecule has 3 rings (SSSR count). The molecule has 0 saturated carbocycles. The van der Waals surface area contributed by atoms with Crippen LogP contribution in [0.15, 0.2) is 85.1 Å². The van der Waals surface area contributed by atoms with E-state index in [1.54, 1.807) is 0 Å². The lowest BCUT2D eigenvalue weighted by Crippen LogP contribution is -2.66. The molecular weight excluding hydrogens is 1290 g/mol. The van der Waals surface area contributed by atoms with Crippen molar-refractivity contribution in [3.63, 3.8) is 0 Å². The summed E-state index contributed by atoms with van der Waals surface area (Å²) in [5.74, 6) is -0.242. The molecule has 0 spiro atoms. The largest absolute Gasteiger partial charge is 0.394 e. The summed E-state index contributed by atoms with van der Waals surface area (Å²) >= 11 is 0. The Labute approximate surface area is 610 Å². The molecule has 19 nitrogen and oxygen atoms in total. The molecule has 0 radical (unpaired) electrons. The number of nitrogens with one attached hydrogen (secondary N) is 1. The second kappa shape index (κ2) is 62.1. The number of ether oxygens (including phenoxy) is 6. The number of allylic oxidation sites excluding steroid dienone is 14. The number of hydrogen-bond acceptors (Lipinski definition) is 18. The number of amides is 1. The zero-order chi connectivity index (χ0) is 73.2. The van der Waals surface area contributed by atoms with E-state index >= 15 is 0 Å². The van der Waals surface area contributed by atoms with Crippen molar-refractivity contribution in [1.29, 1.82) is 0 Å². The fourth-order valence-corrected chi connectivity index (χ4v) is 13.3. The third-order valence-corrected chi connectivity index (χ3v) is 19.7. The highest BCUT2D eigenvalue weighted by Gasteiger charge is 2.54. The number of aliphatic hydroxyl groups excluding tert-OH is 11. The van der Waals surface area contributed by atoms with E-state index in [0.29, 0.717) is 12.8 Å². The van der Waals surface area contributed by atoms with Gasteiger partial charge in [-0.2, -0.15) is 0 Å². The number of aliphatic hydroxyl groups is 11. The summed E-state index contributed by atoms with van der Waals surface area (Å²) in [6, 6.07) is -0.892. The SMILES string of the molecule is CC/C=C\C/C=C\C/C=C\C/C=C\C/C=C\C/C=C\C/C=C\CCCCCCCCCCCCCCCCCC(=O)NC(COC1OC(CO)C(OC2OC(CO)C(OC3OC(CO)C(O)C(O)C3O)C(O)C2O)C(O)C1O)C(O)CCCCCCCCCCCCCCCCCCCCC. The van der Waals surface area contributed by atoms with Crippen LogP contribution in [-0.2, 0) is 33.2 Å². The van der Waals surface area contributed by atoms with E-state index in [4.69, 9.17) is 28.4 Å². The van der Waals surface area contributed by atoms with E-state index in [2.05, 4.69) is 104 Å². The van der Waals surface area contributed by atoms with Crippen molar-refractivity contribution in [2.75, 3.05) is 26.4 Å². The second-order valence-electron chi connectivity index (χ2n) is 28.5. The maximum atomic E-state index is 13.5. The zero-order valence-corrected chi connectivity index (χ0v) is 62.6. The minimum Gasteiger partial charge on any atom is -0.394 e. The van der Waals surface area contributed by atoms with Gasteiger partial charge in [-0.25, -0.2) is 0 Å². The van der Waals surface area contributed by atoms with Crippen molar-refractivity contribution in [1.82, 2.24) is 5.32 Å². The molecule has 3 aliphatic rings. The number of rotatable bonds is 63. The first-order valence-corrected chi connectivity index (χ1v) is 40.3. The summed E-state index contributed by atoms with van der Waals surface area (Å²) in [6.45, 7) is 1.71. The van der Waals surface area contributed by atoms with Gasteiger partial charge in [-0.3, -0.25) is 4.79 Å². The lowest BCUT2D eigenvalue weighted by molar-refractivity contribution is -0.379. The quantitative estimate of drug-likeness (QED) is 0.0199. The van der Waals surface area contributed by atoms with Gasteiger partial charge in [0.15, 0.2) is 18.9 Å². The van der Waals surface area contributed by atoms with Crippen molar-refractivity contribution >= 4 is 5.91 Å². The number of carbonyl (C=O) groups is 1. The van der Waals surface area contributed by atoms with Gasteiger partial charge in [0.25, 0.3) is 0 Å². The van der Waals surface area contributed by atoms with Gasteiger partial charge in [-0.1, -0.05) is 304 Å². The molecule has 3 heterocycles. The Kier molecular flexibility index (Phi) is 56.6. The lowest BCUT2D eigenvalue weighted by atomic mass is 9.96. The Morgan fingerprint density at radius 3 is 1.07 bits per heavy atom. The first kappa shape index (κ1) is 92.2. The van der Waals surface area contributed by atoms with Crippen LogP contribution in [0.4, 0.5) is 0 Å². The van der Waals surface area contributed by atoms with Gasteiger partial charge in [0.2, 0.25) is 5.91 Å². The van der Waals surface area contributed by atoms with Gasteiger partial charge in [0.05, 0.1) is 38.6 Å². The molecule has 101 heavy (non-hydrogen) atoms. The van der Waals surface area contributed by atoms with E-state index in [1.807, 2.05) is 0 Å². The third-order valence-electron chi connectivity index (χ3n) is 19.7. The average molecular weight is 1430 g/mol. The molecule has 12 N–H and O–H groups in total. The van der Waals surface area contributed by atoms with E-state index in [1.165, 1.54) is 167 Å². The summed E-state index contributed by atoms with van der Waals surface area (Å²) in [4.78, 5) is 13.5. The van der Waals surface area contributed by atoms with Crippen molar-refractivity contribution in [2.24, 2.45) is 0 Å². The van der Waals surface area contributed by atoms with Crippen LogP contribution in [0.25, 0.3) is 0 Å². The minimum atomic E-state index is -1.97. The van der Waals surface area contributed by atoms with Crippen LogP contribution in [-0.4, -0.2) is 193 Å². The van der Waals surface area contributed by atoms with Crippen LogP contribution in [0.1, 0.15) is 296 Å². The highest BCUT2D eigenvalue weighted by atomic mass is 16.8. The maximum Gasteiger partial charge on any atom is 0.220 e. The fourth-order valence-electron chi connectivity index (χ4n) is 13.3. The topological polar surface area (TPSA) is 307 Å². The molecule has 0 aromatic heterocycles. The third kappa shape index (κ3) is 42.2. The van der Waals surface area contributed by atoms with Crippen molar-refractivity contribution in [2.45, 2.75) is 401 Å². The molecule has 17 unspecified atom stereocenters. The van der Waals surface area contributed by atoms with Crippen molar-refractivity contribution in [3.05, 3.63) is 85.1 Å². The van der Waals surface area contributed by atoms with Crippen LogP contribution >= 0.6 is 0 Å². The molecular formula is C82H145NO18. The van der Waals surface area contributed by atoms with Gasteiger partial charge in [-0.15, -0.1) is 0 Å². The first-order chi connectivity index (χ1) is 49.3. The van der Waals surface area contributed by atoms with E-state index in [0.717, 1.165) is 96.3 Å². The van der Waals surface area contributed by atoms with E-state index in [9.17, 15) is 61.0 Å². The van der Waals surface area contributed by atoms with Crippen LogP contribution < -0.4 is 5.32 Å². The highest BCUT2D eigenvalue weighted by Crippen LogP contribution is 2.33. The number of carbonyl (C=O) groups excluding carboxylic acids is 1. The normalized spacial score (nSPS) is 26.8. The summed E-state index contributed by atoms with van der Waals surface area (Å²) in [7, 11) is 0. The Hall–Kier alpha value is -3.03. The molecule has 3 saturated heterocycles. The molecule has 586 valence electrons. The van der Waals surface area contributed by atoms with Gasteiger partial charge in [0.1, 0.15) is 73.2 Å². The number of hydrogen-bond donors (Lipinski definition) is 12. The molecule has 17 atom stereocenters. The summed E-state index contributed by atoms with van der Waals surface area (Å²) in [6.07, 6.45) is 55.2. The Bertz CT molecular complexity index is 2150. The van der Waals surface area contributed by atoms with Crippen molar-refractivity contribution < 1.29 is 89.4 Å². The van der Waals surface area contributed by atoms with E-state index in [-0.39, 0.29) is 18.9 Å². The molecule has 0 aliphatic carbocycles. The van der Waals surface area contributed by atoms with Gasteiger partial charge >= 0.3 is 0 Å². The Morgan fingerprint density at radius 1 is 0.366 bits per heavy atom. The van der Waals surface area contributed by atoms with Gasteiger partial charge in [0, 0.05) is 6.42 Å². The predicted molar refractivity (Wildman–Crippen MR) is 401 cm³/mol. The average Bonchev–Trinajstić information content (AvgIpc) is 0.789. The van der Waals surface area contributed by atoms with Crippen LogP contribution in [0.5, 0.6) is 0 Å². The summed E-state index contributed by atoms with van der Waals surface area (Å²) in [5, 5.41) is 121. The fraction of sp³-hybridized carbons (Fsp3) is 0.817. The molecule has 0 aromatic carbocycles. The molecule has 0 aromatic rings. The Morgan fingerprint density at radius 2 is 0.683 bits per heavy atom. The van der Waals surface area contributed by atoms with Gasteiger partial charge < -0.3 is 89.9 Å². The molecule has 19 heteroatoms. The van der Waals surface area contributed by atoms with Crippen LogP contribution in [0.2, 0.25) is 0 Å². The summed E-state index contributed by atoms with van der Waals surface area (Å²) < 4.78 is 34.5. The summed E-state index contributed by atoms with van der Waals surface area (Å²) in [5.41, 5.74) is 0. The smallest absolute Gasteiger partial charge is 0.220 e. The highest BCUT2D eigenvalue weighted by molar-refractivity contribution is 5.76. The molecule has 3 fully saturated rings. The molecule has 3 aliphatic heterocycles. The lowest BCUT2D eigenvalue weighted by Gasteiger charge is -2.48. The van der Waals surface area contributed by atoms with Crippen molar-refractivity contribution in [3.8, 4) is 0 Å². The van der Waals surface area contributed by atoms with Crippen LogP contribution in [0, 0.1) is 0 Å². The first-order valence-electron chi connectivity index (χ1n) is 40.3.